The molecule has 0 unspecified atom stereocenters. The van der Waals surface area contributed by atoms with Gasteiger partial charge in [-0.05, 0) is 38.5 Å². The van der Waals surface area contributed by atoms with Gasteiger partial charge < -0.3 is 23.7 Å². The van der Waals surface area contributed by atoms with Crippen molar-refractivity contribution in [3.63, 3.8) is 0 Å². The second-order valence-electron chi connectivity index (χ2n) is 7.81. The molecule has 0 N–H and O–H groups in total. The van der Waals surface area contributed by atoms with Crippen molar-refractivity contribution in [2.24, 2.45) is 0 Å². The van der Waals surface area contributed by atoms with Crippen LogP contribution in [0, 0.1) is 6.92 Å². The van der Waals surface area contributed by atoms with E-state index in [0.717, 1.165) is 35.8 Å². The third-order valence-electron chi connectivity index (χ3n) is 5.13. The van der Waals surface area contributed by atoms with Gasteiger partial charge in [0, 0.05) is 25.7 Å². The number of methoxy groups -OCH3 is 2. The SMILES string of the molecule is COc1nc(Cc2ccc(-n3cnc(C)c3)c(OC)c2)nc(N2C[C@@H](C)O[C@@H](C)C2)n1. The third-order valence-corrected chi connectivity index (χ3v) is 5.13. The van der Waals surface area contributed by atoms with E-state index in [1.165, 1.54) is 0 Å². The van der Waals surface area contributed by atoms with Gasteiger partial charge in [0.25, 0.3) is 0 Å². The van der Waals surface area contributed by atoms with Crippen LogP contribution in [0.4, 0.5) is 5.95 Å². The van der Waals surface area contributed by atoms with Gasteiger partial charge in [0.05, 0.1) is 44.1 Å². The van der Waals surface area contributed by atoms with E-state index in [4.69, 9.17) is 19.2 Å². The average molecular weight is 425 g/mol. The van der Waals surface area contributed by atoms with Gasteiger partial charge in [-0.25, -0.2) is 4.98 Å². The molecule has 0 saturated carbocycles. The van der Waals surface area contributed by atoms with Crippen molar-refractivity contribution < 1.29 is 14.2 Å². The summed E-state index contributed by atoms with van der Waals surface area (Å²) in [6.45, 7) is 7.52. The van der Waals surface area contributed by atoms with Crippen molar-refractivity contribution in [1.82, 2.24) is 24.5 Å². The lowest BCUT2D eigenvalue weighted by Gasteiger charge is -2.35. The molecule has 0 radical (unpaired) electrons. The van der Waals surface area contributed by atoms with E-state index in [1.807, 2.05) is 35.9 Å². The summed E-state index contributed by atoms with van der Waals surface area (Å²) < 4.78 is 18.8. The second kappa shape index (κ2) is 8.89. The standard InChI is InChI=1S/C22H28N6O3/c1-14-10-28(13-23-14)18-7-6-17(8-19(18)29-4)9-20-24-21(26-22(25-20)30-5)27-11-15(2)31-16(3)12-27/h6-8,10,13,15-16H,9,11-12H2,1-5H3/t15-,16+. The molecule has 0 aliphatic carbocycles. The van der Waals surface area contributed by atoms with Gasteiger partial charge in [-0.2, -0.15) is 15.0 Å². The summed E-state index contributed by atoms with van der Waals surface area (Å²) in [6.07, 6.45) is 4.49. The van der Waals surface area contributed by atoms with Gasteiger partial charge in [-0.15, -0.1) is 0 Å². The molecular formula is C22H28N6O3. The summed E-state index contributed by atoms with van der Waals surface area (Å²) in [5.74, 6) is 2.01. The zero-order valence-electron chi connectivity index (χ0n) is 18.6. The van der Waals surface area contributed by atoms with Crippen molar-refractivity contribution in [3.05, 3.63) is 47.8 Å². The maximum Gasteiger partial charge on any atom is 0.321 e. The fraction of sp³-hybridized carbons (Fsp3) is 0.455. The van der Waals surface area contributed by atoms with Gasteiger partial charge in [-0.3, -0.25) is 0 Å². The van der Waals surface area contributed by atoms with Crippen LogP contribution in [0.2, 0.25) is 0 Å². The van der Waals surface area contributed by atoms with E-state index in [1.54, 1.807) is 20.5 Å². The summed E-state index contributed by atoms with van der Waals surface area (Å²) in [5, 5.41) is 0. The summed E-state index contributed by atoms with van der Waals surface area (Å²) in [7, 11) is 3.23. The zero-order valence-corrected chi connectivity index (χ0v) is 18.6. The van der Waals surface area contributed by atoms with E-state index in [9.17, 15) is 0 Å². The lowest BCUT2D eigenvalue weighted by atomic mass is 10.1. The molecule has 1 aliphatic heterocycles. The minimum Gasteiger partial charge on any atom is -0.495 e. The lowest BCUT2D eigenvalue weighted by molar-refractivity contribution is -0.00578. The van der Waals surface area contributed by atoms with E-state index >= 15 is 0 Å². The molecule has 3 aromatic rings. The van der Waals surface area contributed by atoms with Gasteiger partial charge in [0.2, 0.25) is 5.95 Å². The number of benzene rings is 1. The van der Waals surface area contributed by atoms with Crippen LogP contribution in [0.25, 0.3) is 5.69 Å². The molecule has 3 heterocycles. The van der Waals surface area contributed by atoms with Gasteiger partial charge >= 0.3 is 6.01 Å². The van der Waals surface area contributed by atoms with Crippen LogP contribution in [0.15, 0.2) is 30.7 Å². The maximum absolute atomic E-state index is 5.83. The highest BCUT2D eigenvalue weighted by Gasteiger charge is 2.25. The van der Waals surface area contributed by atoms with E-state index in [-0.39, 0.29) is 12.2 Å². The Balaban J connectivity index is 1.61. The molecule has 0 spiro atoms. The molecule has 0 amide bonds. The van der Waals surface area contributed by atoms with Gasteiger partial charge in [0.1, 0.15) is 11.6 Å². The average Bonchev–Trinajstić information content (AvgIpc) is 3.18. The highest BCUT2D eigenvalue weighted by Crippen LogP contribution is 2.26. The molecule has 2 aromatic heterocycles. The van der Waals surface area contributed by atoms with Crippen LogP contribution < -0.4 is 14.4 Å². The van der Waals surface area contributed by atoms with Crippen LogP contribution in [0.1, 0.15) is 30.9 Å². The first kappa shape index (κ1) is 21.0. The predicted octanol–water partition coefficient (Wildman–Crippen LogP) is 2.59. The first-order valence-electron chi connectivity index (χ1n) is 10.3. The molecule has 1 aromatic carbocycles. The van der Waals surface area contributed by atoms with E-state index in [2.05, 4.69) is 33.7 Å². The fourth-order valence-electron chi connectivity index (χ4n) is 3.82. The Bertz CT molecular complexity index is 1040. The number of hydrogen-bond donors (Lipinski definition) is 0. The fourth-order valence-corrected chi connectivity index (χ4v) is 3.82. The Morgan fingerprint density at radius 2 is 1.84 bits per heavy atom. The molecule has 4 rings (SSSR count). The smallest absolute Gasteiger partial charge is 0.321 e. The first-order chi connectivity index (χ1) is 14.9. The number of aryl methyl sites for hydroxylation is 1. The zero-order chi connectivity index (χ0) is 22.0. The van der Waals surface area contributed by atoms with E-state index in [0.29, 0.717) is 24.2 Å². The van der Waals surface area contributed by atoms with Crippen molar-refractivity contribution in [2.75, 3.05) is 32.2 Å². The quantitative estimate of drug-likeness (QED) is 0.597. The monoisotopic (exact) mass is 424 g/mol. The number of morpholine rings is 1. The van der Waals surface area contributed by atoms with Crippen LogP contribution >= 0.6 is 0 Å². The summed E-state index contributed by atoms with van der Waals surface area (Å²) in [6, 6.07) is 6.37. The number of nitrogens with zero attached hydrogens (tertiary/aromatic N) is 6. The number of imidazole rings is 1. The van der Waals surface area contributed by atoms with Crippen LogP contribution in [0.5, 0.6) is 11.8 Å². The number of hydrogen-bond acceptors (Lipinski definition) is 8. The molecule has 1 fully saturated rings. The Labute approximate surface area is 182 Å². The molecular weight excluding hydrogens is 396 g/mol. The Morgan fingerprint density at radius 1 is 1.06 bits per heavy atom. The van der Waals surface area contributed by atoms with Crippen LogP contribution in [-0.4, -0.2) is 64.0 Å². The molecule has 1 saturated heterocycles. The van der Waals surface area contributed by atoms with Crippen molar-refractivity contribution in [2.45, 2.75) is 39.4 Å². The largest absolute Gasteiger partial charge is 0.495 e. The summed E-state index contributed by atoms with van der Waals surface area (Å²) >= 11 is 0. The second-order valence-corrected chi connectivity index (χ2v) is 7.81. The minimum atomic E-state index is 0.110. The lowest BCUT2D eigenvalue weighted by Crippen LogP contribution is -2.46. The first-order valence-corrected chi connectivity index (χ1v) is 10.3. The molecule has 1 aliphatic rings. The topological polar surface area (TPSA) is 87.4 Å². The molecule has 9 nitrogen and oxygen atoms in total. The predicted molar refractivity (Wildman–Crippen MR) is 116 cm³/mol. The van der Waals surface area contributed by atoms with E-state index < -0.39 is 0 Å². The highest BCUT2D eigenvalue weighted by atomic mass is 16.5. The number of ether oxygens (including phenoxy) is 3. The Morgan fingerprint density at radius 3 is 2.48 bits per heavy atom. The van der Waals surface area contributed by atoms with Gasteiger partial charge in [-0.1, -0.05) is 6.07 Å². The molecule has 164 valence electrons. The molecule has 31 heavy (non-hydrogen) atoms. The van der Waals surface area contributed by atoms with Crippen LogP contribution in [0.3, 0.4) is 0 Å². The number of rotatable bonds is 6. The Hall–Kier alpha value is -3.20. The maximum atomic E-state index is 5.83. The highest BCUT2D eigenvalue weighted by molar-refractivity contribution is 5.49. The van der Waals surface area contributed by atoms with Crippen molar-refractivity contribution in [1.29, 1.82) is 0 Å². The third kappa shape index (κ3) is 4.77. The number of anilines is 1. The normalized spacial score (nSPS) is 18.8. The summed E-state index contributed by atoms with van der Waals surface area (Å²) in [5.41, 5.74) is 2.90. The molecule has 0 bridgehead atoms. The minimum absolute atomic E-state index is 0.110. The van der Waals surface area contributed by atoms with Crippen molar-refractivity contribution >= 4 is 5.95 Å². The Kier molecular flexibility index (Phi) is 6.03. The molecule has 9 heteroatoms. The van der Waals surface area contributed by atoms with Crippen molar-refractivity contribution in [3.8, 4) is 17.4 Å². The van der Waals surface area contributed by atoms with Crippen LogP contribution in [-0.2, 0) is 11.2 Å². The molecule has 2 atom stereocenters. The number of aromatic nitrogens is 5. The summed E-state index contributed by atoms with van der Waals surface area (Å²) in [4.78, 5) is 20.1. The van der Waals surface area contributed by atoms with Gasteiger partial charge in [0.15, 0.2) is 0 Å².